The van der Waals surface area contributed by atoms with E-state index in [0.29, 0.717) is 12.8 Å². The highest BCUT2D eigenvalue weighted by Crippen LogP contribution is 2.38. The molecule has 0 amide bonds. The number of ether oxygens (including phenoxy) is 1. The maximum atomic E-state index is 11.6. The molecule has 1 heterocycles. The van der Waals surface area contributed by atoms with Crippen molar-refractivity contribution in [2.24, 2.45) is 0 Å². The van der Waals surface area contributed by atoms with Crippen LogP contribution in [0.15, 0.2) is 60.7 Å². The number of esters is 1. The van der Waals surface area contributed by atoms with Crippen molar-refractivity contribution < 1.29 is 14.0 Å². The summed E-state index contributed by atoms with van der Waals surface area (Å²) in [5.74, 6) is -0.169. The molecule has 0 bridgehead atoms. The molecule has 4 heteroatoms. The second-order valence-corrected chi connectivity index (χ2v) is 11.5. The molecule has 1 saturated heterocycles. The van der Waals surface area contributed by atoms with E-state index in [1.165, 1.54) is 10.4 Å². The number of benzene rings is 2. The standard InChI is InChI=1S/C20H24O3Si/c1-20(2,3)24(16-10-6-4-7-11-16,17-12-8-5-9-13-17)23-19-15-14-18(21)22-19/h4-13,19H,14-15H2,1-3H3/t19-/m1/s1. The number of carbonyl (C=O) groups excluding carboxylic acids is 1. The van der Waals surface area contributed by atoms with Crippen LogP contribution < -0.4 is 10.4 Å². The first-order valence-electron chi connectivity index (χ1n) is 8.42. The van der Waals surface area contributed by atoms with Crippen LogP contribution in [-0.2, 0) is 14.0 Å². The molecule has 0 saturated carbocycles. The molecule has 0 N–H and O–H groups in total. The van der Waals surface area contributed by atoms with Gasteiger partial charge in [-0.3, -0.25) is 4.79 Å². The molecule has 0 spiro atoms. The van der Waals surface area contributed by atoms with Crippen LogP contribution in [0, 0.1) is 0 Å². The molecule has 2 aromatic carbocycles. The van der Waals surface area contributed by atoms with Crippen LogP contribution >= 0.6 is 0 Å². The lowest BCUT2D eigenvalue weighted by molar-refractivity contribution is -0.151. The first-order chi connectivity index (χ1) is 11.4. The summed E-state index contributed by atoms with van der Waals surface area (Å²) in [5.41, 5.74) is 0. The summed E-state index contributed by atoms with van der Waals surface area (Å²) in [7, 11) is -2.62. The highest BCUT2D eigenvalue weighted by molar-refractivity contribution is 6.99. The molecule has 0 radical (unpaired) electrons. The Bertz CT molecular complexity index is 652. The molecular formula is C20H24O3Si. The minimum atomic E-state index is -2.62. The molecule has 1 atom stereocenters. The molecule has 24 heavy (non-hydrogen) atoms. The summed E-state index contributed by atoms with van der Waals surface area (Å²) in [5, 5.41) is 2.29. The van der Waals surface area contributed by atoms with Crippen LogP contribution in [0.3, 0.4) is 0 Å². The van der Waals surface area contributed by atoms with Crippen molar-refractivity contribution in [1.82, 2.24) is 0 Å². The van der Waals surface area contributed by atoms with E-state index in [0.717, 1.165) is 0 Å². The number of rotatable bonds is 4. The lowest BCUT2D eigenvalue weighted by Crippen LogP contribution is -2.67. The van der Waals surface area contributed by atoms with E-state index in [1.807, 2.05) is 12.1 Å². The Hall–Kier alpha value is -1.91. The van der Waals surface area contributed by atoms with E-state index < -0.39 is 14.6 Å². The summed E-state index contributed by atoms with van der Waals surface area (Å²) in [6, 6.07) is 20.8. The van der Waals surface area contributed by atoms with Crippen molar-refractivity contribution in [2.75, 3.05) is 0 Å². The smallest absolute Gasteiger partial charge is 0.308 e. The van der Waals surface area contributed by atoms with Gasteiger partial charge in [-0.1, -0.05) is 81.4 Å². The van der Waals surface area contributed by atoms with Crippen LogP contribution in [0.25, 0.3) is 0 Å². The van der Waals surface area contributed by atoms with E-state index >= 15 is 0 Å². The van der Waals surface area contributed by atoms with Gasteiger partial charge in [0.15, 0.2) is 6.29 Å². The van der Waals surface area contributed by atoms with Gasteiger partial charge in [0.2, 0.25) is 0 Å². The molecule has 1 aliphatic rings. The fraction of sp³-hybridized carbons (Fsp3) is 0.350. The third-order valence-corrected chi connectivity index (χ3v) is 9.59. The number of hydrogen-bond donors (Lipinski definition) is 0. The number of cyclic esters (lactones) is 1. The second-order valence-electron chi connectivity index (χ2n) is 7.24. The van der Waals surface area contributed by atoms with Crippen molar-refractivity contribution in [3.8, 4) is 0 Å². The topological polar surface area (TPSA) is 35.5 Å². The molecule has 3 rings (SSSR count). The Morgan fingerprint density at radius 1 is 0.958 bits per heavy atom. The minimum Gasteiger partial charge on any atom is -0.437 e. The predicted octanol–water partition coefficient (Wildman–Crippen LogP) is 3.23. The summed E-state index contributed by atoms with van der Waals surface area (Å²) in [6.07, 6.45) is 0.607. The van der Waals surface area contributed by atoms with E-state index in [-0.39, 0.29) is 11.0 Å². The highest BCUT2D eigenvalue weighted by atomic mass is 28.4. The zero-order valence-electron chi connectivity index (χ0n) is 14.5. The number of carbonyl (C=O) groups is 1. The average molecular weight is 340 g/mol. The molecule has 126 valence electrons. The fourth-order valence-electron chi connectivity index (χ4n) is 3.47. The van der Waals surface area contributed by atoms with Gasteiger partial charge in [0.25, 0.3) is 8.32 Å². The van der Waals surface area contributed by atoms with Gasteiger partial charge in [-0.2, -0.15) is 0 Å². The Kier molecular flexibility index (Phi) is 4.61. The fourth-order valence-corrected chi connectivity index (χ4v) is 8.05. The normalized spacial score (nSPS) is 18.5. The lowest BCUT2D eigenvalue weighted by Gasteiger charge is -2.44. The Balaban J connectivity index is 2.15. The van der Waals surface area contributed by atoms with Gasteiger partial charge >= 0.3 is 5.97 Å². The molecule has 0 aliphatic carbocycles. The number of hydrogen-bond acceptors (Lipinski definition) is 3. The van der Waals surface area contributed by atoms with Crippen LogP contribution in [0.5, 0.6) is 0 Å². The first-order valence-corrected chi connectivity index (χ1v) is 10.3. The Labute approximate surface area is 144 Å². The third kappa shape index (κ3) is 3.04. The quantitative estimate of drug-likeness (QED) is 0.633. The van der Waals surface area contributed by atoms with Gasteiger partial charge in [-0.15, -0.1) is 0 Å². The molecule has 2 aromatic rings. The van der Waals surface area contributed by atoms with Gasteiger partial charge in [0.1, 0.15) is 0 Å². The first kappa shape index (κ1) is 16.9. The molecular weight excluding hydrogens is 316 g/mol. The van der Waals surface area contributed by atoms with Crippen LogP contribution in [0.1, 0.15) is 33.6 Å². The SMILES string of the molecule is CC(C)(C)[Si](O[C@@H]1CCC(=O)O1)(c1ccccc1)c1ccccc1. The Morgan fingerprint density at radius 2 is 1.46 bits per heavy atom. The maximum Gasteiger partial charge on any atom is 0.308 e. The Morgan fingerprint density at radius 3 is 1.83 bits per heavy atom. The van der Waals surface area contributed by atoms with Gasteiger partial charge in [0, 0.05) is 6.42 Å². The summed E-state index contributed by atoms with van der Waals surface area (Å²) in [6.45, 7) is 6.65. The molecule has 1 aliphatic heterocycles. The molecule has 3 nitrogen and oxygen atoms in total. The predicted molar refractivity (Wildman–Crippen MR) is 97.8 cm³/mol. The zero-order chi connectivity index (χ0) is 17.2. The molecule has 0 unspecified atom stereocenters. The second kappa shape index (κ2) is 6.53. The van der Waals surface area contributed by atoms with E-state index in [1.54, 1.807) is 0 Å². The molecule has 1 fully saturated rings. The lowest BCUT2D eigenvalue weighted by atomic mass is 10.2. The van der Waals surface area contributed by atoms with Crippen molar-refractivity contribution in [3.63, 3.8) is 0 Å². The van der Waals surface area contributed by atoms with Crippen molar-refractivity contribution in [2.45, 2.75) is 44.9 Å². The minimum absolute atomic E-state index is 0.106. The van der Waals surface area contributed by atoms with Gasteiger partial charge < -0.3 is 9.16 Å². The van der Waals surface area contributed by atoms with Gasteiger partial charge in [-0.25, -0.2) is 0 Å². The van der Waals surface area contributed by atoms with E-state index in [2.05, 4.69) is 69.3 Å². The van der Waals surface area contributed by atoms with Crippen molar-refractivity contribution in [1.29, 1.82) is 0 Å². The van der Waals surface area contributed by atoms with E-state index in [9.17, 15) is 4.79 Å². The van der Waals surface area contributed by atoms with Crippen LogP contribution in [0.2, 0.25) is 5.04 Å². The summed E-state index contributed by atoms with van der Waals surface area (Å²) >= 11 is 0. The summed E-state index contributed by atoms with van der Waals surface area (Å²) in [4.78, 5) is 11.6. The molecule has 0 aromatic heterocycles. The largest absolute Gasteiger partial charge is 0.437 e. The van der Waals surface area contributed by atoms with E-state index in [4.69, 9.17) is 9.16 Å². The average Bonchev–Trinajstić information content (AvgIpc) is 2.98. The van der Waals surface area contributed by atoms with Gasteiger partial charge in [-0.05, 0) is 15.4 Å². The van der Waals surface area contributed by atoms with Gasteiger partial charge in [0.05, 0.1) is 6.42 Å². The third-order valence-electron chi connectivity index (χ3n) is 4.57. The monoisotopic (exact) mass is 340 g/mol. The maximum absolute atomic E-state index is 11.6. The summed E-state index contributed by atoms with van der Waals surface area (Å²) < 4.78 is 12.1. The van der Waals surface area contributed by atoms with Crippen LogP contribution in [-0.4, -0.2) is 20.6 Å². The van der Waals surface area contributed by atoms with Crippen molar-refractivity contribution in [3.05, 3.63) is 60.7 Å². The van der Waals surface area contributed by atoms with Crippen molar-refractivity contribution >= 4 is 24.7 Å². The highest BCUT2D eigenvalue weighted by Gasteiger charge is 2.52. The zero-order valence-corrected chi connectivity index (χ0v) is 15.5. The van der Waals surface area contributed by atoms with Crippen LogP contribution in [0.4, 0.5) is 0 Å².